The molecule has 0 spiro atoms. The fourth-order valence-electron chi connectivity index (χ4n) is 1.57. The molecule has 3 N–H and O–H groups in total. The third-order valence-corrected chi connectivity index (χ3v) is 2.60. The van der Waals surface area contributed by atoms with Crippen LogP contribution in [0.15, 0.2) is 18.2 Å². The van der Waals surface area contributed by atoms with Crippen molar-refractivity contribution in [3.8, 4) is 0 Å². The molecule has 0 fully saturated rings. The fraction of sp³-hybridized carbons (Fsp3) is 0.462. The molecule has 0 radical (unpaired) electrons. The summed E-state index contributed by atoms with van der Waals surface area (Å²) in [6.07, 6.45) is 0. The largest absolute Gasteiger partial charge is 0.480 e. The third kappa shape index (κ3) is 4.95. The van der Waals surface area contributed by atoms with Crippen molar-refractivity contribution < 1.29 is 14.7 Å². The van der Waals surface area contributed by atoms with Gasteiger partial charge in [-0.25, -0.2) is 9.59 Å². The van der Waals surface area contributed by atoms with Crippen LogP contribution in [0.3, 0.4) is 0 Å². The summed E-state index contributed by atoms with van der Waals surface area (Å²) in [4.78, 5) is 26.8. The van der Waals surface area contributed by atoms with Crippen molar-refractivity contribution in [2.24, 2.45) is 5.92 Å². The molecule has 1 aromatic heterocycles. The molecule has 19 heavy (non-hydrogen) atoms. The van der Waals surface area contributed by atoms with E-state index < -0.39 is 18.0 Å². The first-order valence-corrected chi connectivity index (χ1v) is 6.10. The van der Waals surface area contributed by atoms with Crippen molar-refractivity contribution in [2.75, 3.05) is 0 Å². The molecule has 0 saturated heterocycles. The van der Waals surface area contributed by atoms with E-state index in [0.717, 1.165) is 11.4 Å². The van der Waals surface area contributed by atoms with Crippen LogP contribution in [0.25, 0.3) is 0 Å². The predicted molar refractivity (Wildman–Crippen MR) is 70.6 cm³/mol. The van der Waals surface area contributed by atoms with Crippen LogP contribution in [0.1, 0.15) is 25.2 Å². The molecule has 1 atom stereocenters. The second-order valence-electron chi connectivity index (χ2n) is 4.66. The average Bonchev–Trinajstić information content (AvgIpc) is 2.32. The number of aryl methyl sites for hydroxylation is 1. The van der Waals surface area contributed by atoms with Crippen LogP contribution >= 0.6 is 0 Å². The summed E-state index contributed by atoms with van der Waals surface area (Å²) in [5.41, 5.74) is 1.59. The molecule has 6 nitrogen and oxygen atoms in total. The summed E-state index contributed by atoms with van der Waals surface area (Å²) in [5, 5.41) is 14.0. The molecular weight excluding hydrogens is 246 g/mol. The zero-order valence-corrected chi connectivity index (χ0v) is 11.3. The third-order valence-electron chi connectivity index (χ3n) is 2.60. The number of hydrogen-bond donors (Lipinski definition) is 3. The van der Waals surface area contributed by atoms with Gasteiger partial charge in [0, 0.05) is 5.69 Å². The molecule has 0 aliphatic rings. The van der Waals surface area contributed by atoms with Gasteiger partial charge in [-0.1, -0.05) is 19.9 Å². The van der Waals surface area contributed by atoms with E-state index in [1.807, 2.05) is 19.1 Å². The molecule has 0 aliphatic heterocycles. The van der Waals surface area contributed by atoms with Crippen molar-refractivity contribution in [3.63, 3.8) is 0 Å². The van der Waals surface area contributed by atoms with Gasteiger partial charge in [0.25, 0.3) is 0 Å². The zero-order valence-electron chi connectivity index (χ0n) is 11.3. The fourth-order valence-corrected chi connectivity index (χ4v) is 1.57. The van der Waals surface area contributed by atoms with E-state index in [0.29, 0.717) is 0 Å². The average molecular weight is 265 g/mol. The van der Waals surface area contributed by atoms with Gasteiger partial charge in [0.1, 0.15) is 6.04 Å². The van der Waals surface area contributed by atoms with E-state index >= 15 is 0 Å². The molecule has 104 valence electrons. The van der Waals surface area contributed by atoms with Gasteiger partial charge in [-0.3, -0.25) is 4.98 Å². The van der Waals surface area contributed by atoms with Gasteiger partial charge in [0.05, 0.1) is 12.2 Å². The van der Waals surface area contributed by atoms with E-state index in [-0.39, 0.29) is 12.5 Å². The molecule has 0 unspecified atom stereocenters. The van der Waals surface area contributed by atoms with Gasteiger partial charge >= 0.3 is 12.0 Å². The van der Waals surface area contributed by atoms with Gasteiger partial charge in [-0.15, -0.1) is 0 Å². The first-order chi connectivity index (χ1) is 8.90. The van der Waals surface area contributed by atoms with Gasteiger partial charge in [-0.2, -0.15) is 0 Å². The zero-order chi connectivity index (χ0) is 14.4. The number of carbonyl (C=O) groups is 2. The Bertz CT molecular complexity index is 460. The summed E-state index contributed by atoms with van der Waals surface area (Å²) in [6, 6.07) is 4.10. The Morgan fingerprint density at radius 3 is 2.58 bits per heavy atom. The number of hydrogen-bond acceptors (Lipinski definition) is 3. The Kier molecular flexibility index (Phi) is 5.29. The number of nitrogens with one attached hydrogen (secondary N) is 2. The molecule has 1 aromatic rings. The topological polar surface area (TPSA) is 91.3 Å². The lowest BCUT2D eigenvalue weighted by Gasteiger charge is -2.18. The minimum absolute atomic E-state index is 0.180. The lowest BCUT2D eigenvalue weighted by molar-refractivity contribution is -0.140. The number of amides is 2. The highest BCUT2D eigenvalue weighted by molar-refractivity contribution is 5.82. The first kappa shape index (κ1) is 14.9. The molecule has 0 bridgehead atoms. The molecule has 1 rings (SSSR count). The molecular formula is C13H19N3O3. The summed E-state index contributed by atoms with van der Waals surface area (Å²) < 4.78 is 0. The highest BCUT2D eigenvalue weighted by Crippen LogP contribution is 2.02. The normalized spacial score (nSPS) is 12.0. The van der Waals surface area contributed by atoms with Crippen molar-refractivity contribution in [3.05, 3.63) is 29.6 Å². The number of rotatable bonds is 5. The highest BCUT2D eigenvalue weighted by atomic mass is 16.4. The first-order valence-electron chi connectivity index (χ1n) is 6.10. The number of aromatic nitrogens is 1. The number of nitrogens with zero attached hydrogens (tertiary/aromatic N) is 1. The molecule has 6 heteroatoms. The van der Waals surface area contributed by atoms with Crippen LogP contribution in [0.5, 0.6) is 0 Å². The Morgan fingerprint density at radius 2 is 2.05 bits per heavy atom. The molecule has 0 aliphatic carbocycles. The SMILES string of the molecule is Cc1cccc(CNC(=O)N[C@H](C(=O)O)C(C)C)n1. The lowest BCUT2D eigenvalue weighted by atomic mass is 10.1. The second-order valence-corrected chi connectivity index (χ2v) is 4.66. The van der Waals surface area contributed by atoms with Gasteiger partial charge in [0.15, 0.2) is 0 Å². The molecule has 0 aromatic carbocycles. The van der Waals surface area contributed by atoms with E-state index in [1.54, 1.807) is 19.9 Å². The van der Waals surface area contributed by atoms with Gasteiger partial charge < -0.3 is 15.7 Å². The van der Waals surface area contributed by atoms with E-state index in [2.05, 4.69) is 15.6 Å². The van der Waals surface area contributed by atoms with E-state index in [4.69, 9.17) is 5.11 Å². The predicted octanol–water partition coefficient (Wildman–Crippen LogP) is 1.30. The number of carboxylic acids is 1. The summed E-state index contributed by atoms with van der Waals surface area (Å²) in [5.74, 6) is -1.22. The maximum Gasteiger partial charge on any atom is 0.326 e. The Labute approximate surface area is 112 Å². The van der Waals surface area contributed by atoms with Crippen LogP contribution < -0.4 is 10.6 Å². The monoisotopic (exact) mass is 265 g/mol. The number of pyridine rings is 1. The summed E-state index contributed by atoms with van der Waals surface area (Å²) in [6.45, 7) is 5.60. The maximum atomic E-state index is 11.6. The van der Waals surface area contributed by atoms with Crippen molar-refractivity contribution in [1.29, 1.82) is 0 Å². The number of urea groups is 1. The molecule has 1 heterocycles. The van der Waals surface area contributed by atoms with Gasteiger partial charge in [-0.05, 0) is 25.0 Å². The number of carbonyl (C=O) groups excluding carboxylic acids is 1. The Hall–Kier alpha value is -2.11. The van der Waals surface area contributed by atoms with Crippen LogP contribution in [-0.4, -0.2) is 28.1 Å². The van der Waals surface area contributed by atoms with Crippen LogP contribution in [-0.2, 0) is 11.3 Å². The lowest BCUT2D eigenvalue weighted by Crippen LogP contribution is -2.48. The van der Waals surface area contributed by atoms with E-state index in [9.17, 15) is 9.59 Å². The number of carboxylic acid groups (broad SMARTS) is 1. The van der Waals surface area contributed by atoms with Crippen LogP contribution in [0, 0.1) is 12.8 Å². The van der Waals surface area contributed by atoms with Crippen molar-refractivity contribution in [1.82, 2.24) is 15.6 Å². The van der Waals surface area contributed by atoms with Crippen LogP contribution in [0.4, 0.5) is 4.79 Å². The molecule has 2 amide bonds. The minimum atomic E-state index is -1.04. The second kappa shape index (κ2) is 6.72. The van der Waals surface area contributed by atoms with Crippen molar-refractivity contribution in [2.45, 2.75) is 33.4 Å². The Morgan fingerprint density at radius 1 is 1.37 bits per heavy atom. The minimum Gasteiger partial charge on any atom is -0.480 e. The van der Waals surface area contributed by atoms with Crippen molar-refractivity contribution >= 4 is 12.0 Å². The van der Waals surface area contributed by atoms with Gasteiger partial charge in [0.2, 0.25) is 0 Å². The standard InChI is InChI=1S/C13H19N3O3/c1-8(2)11(12(17)18)16-13(19)14-7-10-6-4-5-9(3)15-10/h4-6,8,11H,7H2,1-3H3,(H,17,18)(H2,14,16,19)/t11-/m0/s1. The summed E-state index contributed by atoms with van der Waals surface area (Å²) in [7, 11) is 0. The smallest absolute Gasteiger partial charge is 0.326 e. The quantitative estimate of drug-likeness (QED) is 0.748. The highest BCUT2D eigenvalue weighted by Gasteiger charge is 2.23. The Balaban J connectivity index is 2.49. The summed E-state index contributed by atoms with van der Waals surface area (Å²) >= 11 is 0. The molecule has 0 saturated carbocycles. The maximum absolute atomic E-state index is 11.6. The van der Waals surface area contributed by atoms with Crippen LogP contribution in [0.2, 0.25) is 0 Å². The van der Waals surface area contributed by atoms with E-state index in [1.165, 1.54) is 0 Å². The number of aliphatic carboxylic acids is 1.